The van der Waals surface area contributed by atoms with Crippen molar-refractivity contribution in [2.75, 3.05) is 0 Å². The van der Waals surface area contributed by atoms with Crippen molar-refractivity contribution in [2.45, 2.75) is 37.9 Å². The summed E-state index contributed by atoms with van der Waals surface area (Å²) in [5.41, 5.74) is -1.43. The van der Waals surface area contributed by atoms with E-state index < -0.39 is 23.3 Å². The van der Waals surface area contributed by atoms with E-state index in [1.54, 1.807) is 6.07 Å². The Morgan fingerprint density at radius 1 is 1.29 bits per heavy atom. The number of hydrogen-bond donors (Lipinski definition) is 1. The van der Waals surface area contributed by atoms with E-state index in [2.05, 4.69) is 10.4 Å². The Morgan fingerprint density at radius 2 is 2.00 bits per heavy atom. The predicted octanol–water partition coefficient (Wildman–Crippen LogP) is 4.22. The van der Waals surface area contributed by atoms with Crippen LogP contribution in [0, 0.1) is 0 Å². The van der Waals surface area contributed by atoms with Crippen molar-refractivity contribution in [1.29, 1.82) is 0 Å². The van der Waals surface area contributed by atoms with E-state index >= 15 is 0 Å². The molecule has 0 unspecified atom stereocenters. The summed E-state index contributed by atoms with van der Waals surface area (Å²) >= 11 is 5.84. The molecule has 0 saturated heterocycles. The minimum Gasteiger partial charge on any atom is -0.349 e. The first-order chi connectivity index (χ1) is 11.4. The highest BCUT2D eigenvalue weighted by atomic mass is 35.5. The summed E-state index contributed by atoms with van der Waals surface area (Å²) in [4.78, 5) is 12.3. The van der Waals surface area contributed by atoms with E-state index in [9.17, 15) is 18.0 Å². The number of carbonyl (C=O) groups excluding carboxylic acids is 1. The van der Waals surface area contributed by atoms with Crippen molar-refractivity contribution in [3.05, 3.63) is 46.7 Å². The molecule has 3 rings (SSSR count). The van der Waals surface area contributed by atoms with Crippen LogP contribution >= 0.6 is 11.6 Å². The molecule has 2 aromatic rings. The SMILES string of the molecule is O=C(NC1CCCC1)c1cnn(-c2cccc(Cl)c2)c1C(F)(F)F. The monoisotopic (exact) mass is 357 g/mol. The van der Waals surface area contributed by atoms with Gasteiger partial charge in [-0.15, -0.1) is 0 Å². The van der Waals surface area contributed by atoms with Gasteiger partial charge in [-0.3, -0.25) is 4.79 Å². The fourth-order valence-electron chi connectivity index (χ4n) is 2.92. The summed E-state index contributed by atoms with van der Waals surface area (Å²) in [6.07, 6.45) is -0.252. The Balaban J connectivity index is 1.99. The Kier molecular flexibility index (Phi) is 4.54. The van der Waals surface area contributed by atoms with Gasteiger partial charge in [0.2, 0.25) is 0 Å². The molecule has 1 N–H and O–H groups in total. The van der Waals surface area contributed by atoms with E-state index in [-0.39, 0.29) is 16.8 Å². The fraction of sp³-hybridized carbons (Fsp3) is 0.375. The molecule has 0 spiro atoms. The first kappa shape index (κ1) is 16.8. The zero-order valence-corrected chi connectivity index (χ0v) is 13.4. The molecule has 1 aliphatic rings. The highest BCUT2D eigenvalue weighted by molar-refractivity contribution is 6.30. The lowest BCUT2D eigenvalue weighted by Crippen LogP contribution is -2.34. The van der Waals surface area contributed by atoms with E-state index in [0.717, 1.165) is 31.9 Å². The maximum Gasteiger partial charge on any atom is 0.434 e. The van der Waals surface area contributed by atoms with Gasteiger partial charge in [0.25, 0.3) is 5.91 Å². The quantitative estimate of drug-likeness (QED) is 0.894. The van der Waals surface area contributed by atoms with E-state index in [1.165, 1.54) is 18.2 Å². The summed E-state index contributed by atoms with van der Waals surface area (Å²) in [7, 11) is 0. The predicted molar refractivity (Wildman–Crippen MR) is 83.3 cm³/mol. The standard InChI is InChI=1S/C16H15ClF3N3O/c17-10-4-3-7-12(8-10)23-14(16(18,19)20)13(9-21-23)15(24)22-11-5-1-2-6-11/h3-4,7-9,11H,1-2,5-6H2,(H,22,24). The van der Waals surface area contributed by atoms with Crippen molar-refractivity contribution in [3.63, 3.8) is 0 Å². The van der Waals surface area contributed by atoms with Gasteiger partial charge in [0.15, 0.2) is 5.69 Å². The second kappa shape index (κ2) is 6.47. The summed E-state index contributed by atoms with van der Waals surface area (Å²) in [5, 5.41) is 6.72. The number of amides is 1. The first-order valence-electron chi connectivity index (χ1n) is 7.58. The molecule has 24 heavy (non-hydrogen) atoms. The van der Waals surface area contributed by atoms with Crippen molar-refractivity contribution >= 4 is 17.5 Å². The number of benzene rings is 1. The van der Waals surface area contributed by atoms with Crippen molar-refractivity contribution in [3.8, 4) is 5.69 Å². The average Bonchev–Trinajstić information content (AvgIpc) is 3.15. The molecule has 1 saturated carbocycles. The largest absolute Gasteiger partial charge is 0.434 e. The molecule has 8 heteroatoms. The zero-order chi connectivity index (χ0) is 17.3. The third kappa shape index (κ3) is 3.40. The van der Waals surface area contributed by atoms with Crippen LogP contribution in [0.15, 0.2) is 30.5 Å². The topological polar surface area (TPSA) is 46.9 Å². The second-order valence-electron chi connectivity index (χ2n) is 5.75. The number of aromatic nitrogens is 2. The third-order valence-electron chi connectivity index (χ3n) is 4.03. The molecule has 1 aliphatic carbocycles. The van der Waals surface area contributed by atoms with Crippen LogP contribution in [0.1, 0.15) is 41.7 Å². The van der Waals surface area contributed by atoms with Gasteiger partial charge >= 0.3 is 6.18 Å². The summed E-state index contributed by atoms with van der Waals surface area (Å²) < 4.78 is 41.3. The third-order valence-corrected chi connectivity index (χ3v) is 4.26. The molecule has 1 fully saturated rings. The van der Waals surface area contributed by atoms with Crippen LogP contribution in [0.3, 0.4) is 0 Å². The molecule has 1 amide bonds. The van der Waals surface area contributed by atoms with Gasteiger partial charge in [0.05, 0.1) is 17.4 Å². The number of nitrogens with zero attached hydrogens (tertiary/aromatic N) is 2. The number of halogens is 4. The van der Waals surface area contributed by atoms with Crippen LogP contribution in [0.2, 0.25) is 5.02 Å². The molecule has 0 atom stereocenters. The summed E-state index contributed by atoms with van der Waals surface area (Å²) in [6, 6.07) is 5.82. The Bertz CT molecular complexity index is 751. The Labute approximate surface area is 141 Å². The molecular weight excluding hydrogens is 343 g/mol. The smallest absolute Gasteiger partial charge is 0.349 e. The number of carbonyl (C=O) groups is 1. The molecule has 0 bridgehead atoms. The maximum absolute atomic E-state index is 13.5. The van der Waals surface area contributed by atoms with Gasteiger partial charge < -0.3 is 5.32 Å². The average molecular weight is 358 g/mol. The molecule has 1 heterocycles. The minimum atomic E-state index is -4.72. The van der Waals surface area contributed by atoms with Crippen LogP contribution in [0.4, 0.5) is 13.2 Å². The van der Waals surface area contributed by atoms with Crippen LogP contribution in [0.5, 0.6) is 0 Å². The van der Waals surface area contributed by atoms with Gasteiger partial charge in [-0.05, 0) is 31.0 Å². The molecule has 1 aromatic heterocycles. The fourth-order valence-corrected chi connectivity index (χ4v) is 3.11. The first-order valence-corrected chi connectivity index (χ1v) is 7.96. The molecule has 4 nitrogen and oxygen atoms in total. The van der Waals surface area contributed by atoms with Crippen LogP contribution in [-0.2, 0) is 6.18 Å². The van der Waals surface area contributed by atoms with E-state index in [4.69, 9.17) is 11.6 Å². The van der Waals surface area contributed by atoms with E-state index in [1.807, 2.05) is 0 Å². The molecule has 128 valence electrons. The van der Waals surface area contributed by atoms with Crippen molar-refractivity contribution < 1.29 is 18.0 Å². The number of rotatable bonds is 3. The number of nitrogens with one attached hydrogen (secondary N) is 1. The lowest BCUT2D eigenvalue weighted by molar-refractivity contribution is -0.143. The highest BCUT2D eigenvalue weighted by Gasteiger charge is 2.41. The molecular formula is C16H15ClF3N3O. The maximum atomic E-state index is 13.5. The van der Waals surface area contributed by atoms with Crippen LogP contribution in [0.25, 0.3) is 5.69 Å². The van der Waals surface area contributed by atoms with Gasteiger partial charge in [-0.2, -0.15) is 18.3 Å². The lowest BCUT2D eigenvalue weighted by atomic mass is 10.2. The molecule has 1 aromatic carbocycles. The Hall–Kier alpha value is -2.02. The normalized spacial score (nSPS) is 15.7. The van der Waals surface area contributed by atoms with Gasteiger partial charge in [-0.25, -0.2) is 4.68 Å². The Morgan fingerprint density at radius 3 is 2.62 bits per heavy atom. The van der Waals surface area contributed by atoms with Gasteiger partial charge in [-0.1, -0.05) is 30.5 Å². The van der Waals surface area contributed by atoms with Crippen molar-refractivity contribution in [2.24, 2.45) is 0 Å². The lowest BCUT2D eigenvalue weighted by Gasteiger charge is -2.15. The van der Waals surface area contributed by atoms with Gasteiger partial charge in [0, 0.05) is 11.1 Å². The molecule has 0 aliphatic heterocycles. The highest BCUT2D eigenvalue weighted by Crippen LogP contribution is 2.34. The van der Waals surface area contributed by atoms with Crippen molar-refractivity contribution in [1.82, 2.24) is 15.1 Å². The molecule has 0 radical (unpaired) electrons. The second-order valence-corrected chi connectivity index (χ2v) is 6.19. The van der Waals surface area contributed by atoms with Crippen LogP contribution < -0.4 is 5.32 Å². The minimum absolute atomic E-state index is 0.0758. The number of alkyl halides is 3. The van der Waals surface area contributed by atoms with E-state index in [0.29, 0.717) is 4.68 Å². The summed E-state index contributed by atoms with van der Waals surface area (Å²) in [6.45, 7) is 0. The zero-order valence-electron chi connectivity index (χ0n) is 12.6. The van der Waals surface area contributed by atoms with Crippen LogP contribution in [-0.4, -0.2) is 21.7 Å². The number of hydrogen-bond acceptors (Lipinski definition) is 2. The summed E-state index contributed by atoms with van der Waals surface area (Å²) in [5.74, 6) is -0.748. The van der Waals surface area contributed by atoms with Gasteiger partial charge in [0.1, 0.15) is 0 Å².